The summed E-state index contributed by atoms with van der Waals surface area (Å²) in [5.41, 5.74) is 1.27. The number of carboxylic acids is 1. The second kappa shape index (κ2) is 2.94. The van der Waals surface area contributed by atoms with Crippen molar-refractivity contribution in [3.63, 3.8) is 0 Å². The normalized spacial score (nSPS) is 11.5. The fraction of sp³-hybridized carbons (Fsp3) is 0.100. The van der Waals surface area contributed by atoms with Gasteiger partial charge in [-0.15, -0.1) is 0 Å². The van der Waals surface area contributed by atoms with Crippen LogP contribution in [0, 0.1) is 0 Å². The number of aromatic nitrogens is 1. The molecule has 0 amide bonds. The lowest BCUT2D eigenvalue weighted by molar-refractivity contribution is -0.136. The third-order valence-electron chi connectivity index (χ3n) is 1.83. The molecule has 1 aromatic carbocycles. The van der Waals surface area contributed by atoms with Crippen LogP contribution in [0.3, 0.4) is 0 Å². The number of rotatable bonds is 2. The number of para-hydroxylation sites is 1. The Morgan fingerprint density at radius 1 is 1.54 bits per heavy atom. The predicted molar refractivity (Wildman–Crippen MR) is 49.6 cm³/mol. The Bertz CT molecular complexity index is 490. The molecule has 0 radical (unpaired) electrons. The molecule has 0 aliphatic heterocycles. The third kappa shape index (κ3) is 1.54. The van der Waals surface area contributed by atoms with Gasteiger partial charge in [-0.25, -0.2) is 0 Å². The van der Waals surface area contributed by atoms with Crippen molar-refractivity contribution in [2.75, 3.05) is 0 Å². The Hall–Kier alpha value is -1.77. The molecule has 0 spiro atoms. The molecule has 1 aromatic heterocycles. The fourth-order valence-corrected chi connectivity index (χ4v) is 1.30. The lowest BCUT2D eigenvalue weighted by Crippen LogP contribution is -1.99. The molecule has 0 aliphatic carbocycles. The van der Waals surface area contributed by atoms with Gasteiger partial charge in [0.15, 0.2) is 0 Å². The lowest BCUT2D eigenvalue weighted by atomic mass is 10.2. The average Bonchev–Trinajstić information content (AvgIpc) is 2.44. The minimum Gasteiger partial charge on any atom is -0.481 e. The smallest absolute Gasteiger partial charge is 0.309 e. The molecule has 1 heterocycles. The van der Waals surface area contributed by atoms with E-state index in [-0.39, 0.29) is 12.5 Å². The van der Waals surface area contributed by atoms with E-state index >= 15 is 0 Å². The van der Waals surface area contributed by atoms with Gasteiger partial charge < -0.3 is 10.1 Å². The molecule has 66 valence electrons. The number of hydrogen-bond acceptors (Lipinski definition) is 1. The molecule has 0 fully saturated rings. The SMILES string of the molecule is [2H]c1c(CC(=O)O)[nH]c2ccccc12. The van der Waals surface area contributed by atoms with E-state index in [0.29, 0.717) is 5.69 Å². The van der Waals surface area contributed by atoms with Crippen LogP contribution in [0.15, 0.2) is 30.3 Å². The first-order chi connectivity index (χ1) is 6.68. The highest BCUT2D eigenvalue weighted by Gasteiger charge is 2.03. The second-order valence-electron chi connectivity index (χ2n) is 2.84. The molecule has 0 bridgehead atoms. The van der Waals surface area contributed by atoms with Gasteiger partial charge in [0.2, 0.25) is 0 Å². The number of aliphatic carboxylic acids is 1. The predicted octanol–water partition coefficient (Wildman–Crippen LogP) is 1.79. The number of hydrogen-bond donors (Lipinski definition) is 2. The fourth-order valence-electron chi connectivity index (χ4n) is 1.30. The molecule has 0 atom stereocenters. The third-order valence-corrected chi connectivity index (χ3v) is 1.83. The largest absolute Gasteiger partial charge is 0.481 e. The van der Waals surface area contributed by atoms with Crippen LogP contribution in [0.4, 0.5) is 0 Å². The van der Waals surface area contributed by atoms with Crippen LogP contribution < -0.4 is 0 Å². The topological polar surface area (TPSA) is 53.1 Å². The van der Waals surface area contributed by atoms with E-state index in [1.165, 1.54) is 0 Å². The highest BCUT2D eigenvalue weighted by atomic mass is 16.4. The van der Waals surface area contributed by atoms with Crippen molar-refractivity contribution < 1.29 is 11.3 Å². The van der Waals surface area contributed by atoms with E-state index in [0.717, 1.165) is 10.9 Å². The van der Waals surface area contributed by atoms with Crippen LogP contribution in [-0.4, -0.2) is 16.1 Å². The number of fused-ring (bicyclic) bond motifs is 1. The summed E-state index contributed by atoms with van der Waals surface area (Å²) in [6, 6.07) is 7.60. The molecule has 2 rings (SSSR count). The number of benzene rings is 1. The molecule has 0 unspecified atom stereocenters. The van der Waals surface area contributed by atoms with Crippen molar-refractivity contribution in [2.45, 2.75) is 6.42 Å². The first kappa shape index (κ1) is 6.71. The van der Waals surface area contributed by atoms with Crippen molar-refractivity contribution in [3.05, 3.63) is 36.0 Å². The van der Waals surface area contributed by atoms with Gasteiger partial charge >= 0.3 is 5.97 Å². The standard InChI is InChI=1S/C10H9NO2/c12-10(13)6-8-5-7-3-1-2-4-9(7)11-8/h1-5,11H,6H2,(H,12,13)/i5D. The van der Waals surface area contributed by atoms with Gasteiger partial charge in [0.05, 0.1) is 7.79 Å². The molecule has 3 nitrogen and oxygen atoms in total. The maximum atomic E-state index is 10.5. The summed E-state index contributed by atoms with van der Waals surface area (Å²) >= 11 is 0. The highest BCUT2D eigenvalue weighted by Crippen LogP contribution is 2.14. The summed E-state index contributed by atoms with van der Waals surface area (Å²) in [6.07, 6.45) is -0.131. The maximum Gasteiger partial charge on any atom is 0.309 e. The number of aromatic amines is 1. The number of nitrogens with one attached hydrogen (secondary N) is 1. The molecular formula is C10H9NO2. The summed E-state index contributed by atoms with van der Waals surface area (Å²) in [5.74, 6) is -0.926. The first-order valence-corrected chi connectivity index (χ1v) is 3.96. The van der Waals surface area contributed by atoms with Crippen molar-refractivity contribution >= 4 is 16.9 Å². The van der Waals surface area contributed by atoms with E-state index in [9.17, 15) is 4.79 Å². The average molecular weight is 176 g/mol. The second-order valence-corrected chi connectivity index (χ2v) is 2.84. The first-order valence-electron chi connectivity index (χ1n) is 4.46. The van der Waals surface area contributed by atoms with Gasteiger partial charge in [-0.05, 0) is 17.5 Å². The Balaban J connectivity index is 2.57. The zero-order chi connectivity index (χ0) is 10.1. The summed E-state index contributed by atoms with van der Waals surface area (Å²) in [4.78, 5) is 13.4. The monoisotopic (exact) mass is 176 g/mol. The molecule has 3 heteroatoms. The lowest BCUT2D eigenvalue weighted by Gasteiger charge is -1.88. The molecule has 0 aliphatic rings. The van der Waals surface area contributed by atoms with Gasteiger partial charge in [-0.3, -0.25) is 4.79 Å². The quantitative estimate of drug-likeness (QED) is 0.733. The van der Waals surface area contributed by atoms with E-state index in [2.05, 4.69) is 4.98 Å². The van der Waals surface area contributed by atoms with Gasteiger partial charge in [0, 0.05) is 11.2 Å². The summed E-state index contributed by atoms with van der Waals surface area (Å²) in [7, 11) is 0. The number of H-pyrrole nitrogens is 1. The van der Waals surface area contributed by atoms with Gasteiger partial charge in [0.25, 0.3) is 0 Å². The van der Waals surface area contributed by atoms with Crippen LogP contribution in [0.1, 0.15) is 7.06 Å². The highest BCUT2D eigenvalue weighted by molar-refractivity contribution is 5.82. The van der Waals surface area contributed by atoms with Crippen LogP contribution in [0.2, 0.25) is 0 Å². The van der Waals surface area contributed by atoms with Gasteiger partial charge in [-0.2, -0.15) is 0 Å². The Kier molecular flexibility index (Phi) is 1.52. The Morgan fingerprint density at radius 3 is 3.00 bits per heavy atom. The van der Waals surface area contributed by atoms with Crippen LogP contribution in [0.25, 0.3) is 10.9 Å². The van der Waals surface area contributed by atoms with Crippen molar-refractivity contribution in [1.82, 2.24) is 4.98 Å². The zero-order valence-corrected chi connectivity index (χ0v) is 6.87. The molecule has 0 saturated carbocycles. The Morgan fingerprint density at radius 2 is 2.31 bits per heavy atom. The van der Waals surface area contributed by atoms with E-state index in [1.807, 2.05) is 18.2 Å². The summed E-state index contributed by atoms with van der Waals surface area (Å²) in [6.45, 7) is 0. The van der Waals surface area contributed by atoms with E-state index in [4.69, 9.17) is 6.48 Å². The number of carboxylic acid groups (broad SMARTS) is 1. The molecule has 2 N–H and O–H groups in total. The van der Waals surface area contributed by atoms with E-state index in [1.54, 1.807) is 6.07 Å². The minimum atomic E-state index is -0.926. The minimum absolute atomic E-state index is 0.131. The van der Waals surface area contributed by atoms with Crippen LogP contribution >= 0.6 is 0 Å². The number of carbonyl (C=O) groups is 1. The van der Waals surface area contributed by atoms with Crippen LogP contribution in [0.5, 0.6) is 0 Å². The Labute approximate surface area is 76.4 Å². The van der Waals surface area contributed by atoms with Crippen LogP contribution in [-0.2, 0) is 11.2 Å². The van der Waals surface area contributed by atoms with Gasteiger partial charge in [0.1, 0.15) is 0 Å². The maximum absolute atomic E-state index is 10.5. The van der Waals surface area contributed by atoms with Crippen molar-refractivity contribution in [1.29, 1.82) is 0 Å². The molecular weight excluding hydrogens is 166 g/mol. The van der Waals surface area contributed by atoms with Crippen molar-refractivity contribution in [3.8, 4) is 0 Å². The van der Waals surface area contributed by atoms with Gasteiger partial charge in [-0.1, -0.05) is 18.2 Å². The zero-order valence-electron chi connectivity index (χ0n) is 7.87. The summed E-state index contributed by atoms with van der Waals surface area (Å²) < 4.78 is 7.72. The summed E-state index contributed by atoms with van der Waals surface area (Å²) in [5, 5.41) is 9.38. The van der Waals surface area contributed by atoms with Crippen molar-refractivity contribution in [2.24, 2.45) is 0 Å². The molecule has 0 saturated heterocycles. The molecule has 2 aromatic rings. The molecule has 13 heavy (non-hydrogen) atoms. The van der Waals surface area contributed by atoms with E-state index < -0.39 is 5.97 Å².